The number of amides is 1. The number of carbonyl (C=O) groups excluding carboxylic acids is 1. The van der Waals surface area contributed by atoms with Crippen LogP contribution < -0.4 is 0 Å². The van der Waals surface area contributed by atoms with Crippen molar-refractivity contribution < 1.29 is 4.79 Å². The minimum Gasteiger partial charge on any atom is -0.338 e. The fraction of sp³-hybridized carbons (Fsp3) is 0.350. The highest BCUT2D eigenvalue weighted by molar-refractivity contribution is 9.10. The molecule has 6 heteroatoms. The summed E-state index contributed by atoms with van der Waals surface area (Å²) in [6.45, 7) is 3.56. The Balaban J connectivity index is 1.74. The number of hydrogen-bond acceptors (Lipinski definition) is 3. The van der Waals surface area contributed by atoms with Gasteiger partial charge in [-0.15, -0.1) is 0 Å². The molecule has 0 saturated carbocycles. The van der Waals surface area contributed by atoms with E-state index >= 15 is 0 Å². The summed E-state index contributed by atoms with van der Waals surface area (Å²) in [5.41, 5.74) is 3.75. The van der Waals surface area contributed by atoms with Gasteiger partial charge in [0.2, 0.25) is 5.91 Å². The molecule has 1 aromatic carbocycles. The van der Waals surface area contributed by atoms with E-state index in [9.17, 15) is 4.79 Å². The molecule has 0 aliphatic carbocycles. The molecule has 1 amide bonds. The van der Waals surface area contributed by atoms with Gasteiger partial charge >= 0.3 is 0 Å². The topological polar surface area (TPSA) is 50.5 Å². The van der Waals surface area contributed by atoms with Gasteiger partial charge in [-0.3, -0.25) is 4.79 Å². The Kier molecular flexibility index (Phi) is 4.76. The molecule has 3 aromatic rings. The Morgan fingerprint density at radius 2 is 2.08 bits per heavy atom. The summed E-state index contributed by atoms with van der Waals surface area (Å²) >= 11 is 3.46. The number of rotatable bonds is 5. The third-order valence-corrected chi connectivity index (χ3v) is 5.33. The average molecular weight is 413 g/mol. The second-order valence-corrected chi connectivity index (χ2v) is 7.78. The molecule has 5 nitrogen and oxygen atoms in total. The molecule has 2 aromatic heterocycles. The molecule has 3 heterocycles. The van der Waals surface area contributed by atoms with E-state index in [1.807, 2.05) is 41.4 Å². The Morgan fingerprint density at radius 3 is 2.85 bits per heavy atom. The summed E-state index contributed by atoms with van der Waals surface area (Å²) in [5, 5.41) is 4.75. The van der Waals surface area contributed by atoms with Crippen LogP contribution in [-0.2, 0) is 11.3 Å². The number of halogens is 1. The molecule has 26 heavy (non-hydrogen) atoms. The van der Waals surface area contributed by atoms with E-state index in [4.69, 9.17) is 5.10 Å². The van der Waals surface area contributed by atoms with Crippen LogP contribution in [0.1, 0.15) is 31.7 Å². The highest BCUT2D eigenvalue weighted by atomic mass is 79.9. The molecular weight excluding hydrogens is 392 g/mol. The van der Waals surface area contributed by atoms with Crippen LogP contribution in [0, 0.1) is 5.92 Å². The van der Waals surface area contributed by atoms with Crippen molar-refractivity contribution in [3.63, 3.8) is 0 Å². The third kappa shape index (κ3) is 3.26. The van der Waals surface area contributed by atoms with Crippen molar-refractivity contribution in [3.8, 4) is 11.3 Å². The maximum absolute atomic E-state index is 12.5. The van der Waals surface area contributed by atoms with Gasteiger partial charge in [0.1, 0.15) is 5.69 Å². The molecule has 0 bridgehead atoms. The molecular formula is C20H21BrN4O. The fourth-order valence-corrected chi connectivity index (χ4v) is 4.03. The lowest BCUT2D eigenvalue weighted by Gasteiger charge is -2.16. The van der Waals surface area contributed by atoms with E-state index < -0.39 is 0 Å². The normalized spacial score (nSPS) is 17.4. The van der Waals surface area contributed by atoms with Crippen LogP contribution in [-0.4, -0.2) is 31.9 Å². The average Bonchev–Trinajstić information content (AvgIpc) is 3.16. The summed E-state index contributed by atoms with van der Waals surface area (Å²) in [5.74, 6) is 0.704. The molecule has 1 fully saturated rings. The van der Waals surface area contributed by atoms with Crippen LogP contribution in [0.2, 0.25) is 0 Å². The molecule has 1 atom stereocenters. The molecule has 0 N–H and O–H groups in total. The van der Waals surface area contributed by atoms with Crippen molar-refractivity contribution in [3.05, 3.63) is 52.8 Å². The number of fused-ring (bicyclic) bond motifs is 1. The molecule has 1 saturated heterocycles. The van der Waals surface area contributed by atoms with Gasteiger partial charge in [-0.25, -0.2) is 9.50 Å². The molecule has 4 rings (SSSR count). The Hall–Kier alpha value is -2.21. The monoisotopic (exact) mass is 412 g/mol. The zero-order valence-electron chi connectivity index (χ0n) is 14.7. The van der Waals surface area contributed by atoms with Gasteiger partial charge < -0.3 is 4.90 Å². The van der Waals surface area contributed by atoms with Gasteiger partial charge in [0.15, 0.2) is 5.65 Å². The van der Waals surface area contributed by atoms with Crippen molar-refractivity contribution >= 4 is 27.5 Å². The largest absolute Gasteiger partial charge is 0.338 e. The van der Waals surface area contributed by atoms with Crippen LogP contribution in [0.15, 0.2) is 47.2 Å². The molecule has 1 aliphatic heterocycles. The van der Waals surface area contributed by atoms with Gasteiger partial charge in [-0.05, 0) is 28.3 Å². The van der Waals surface area contributed by atoms with Crippen LogP contribution in [0.5, 0.6) is 0 Å². The minimum atomic E-state index is 0.235. The Morgan fingerprint density at radius 1 is 1.27 bits per heavy atom. The van der Waals surface area contributed by atoms with Crippen molar-refractivity contribution in [1.82, 2.24) is 19.5 Å². The first-order chi connectivity index (χ1) is 12.7. The predicted molar refractivity (Wildman–Crippen MR) is 105 cm³/mol. The standard InChI is InChI=1S/C20H21BrN4O/c1-2-6-14-9-18(26)24(11-14)13-17-19(15-7-4-3-5-8-15)23-25-12-16(21)10-22-20(17)25/h3-5,7-8,10,12,14H,2,6,9,11,13H2,1H3. The summed E-state index contributed by atoms with van der Waals surface area (Å²) < 4.78 is 2.67. The van der Waals surface area contributed by atoms with Crippen LogP contribution >= 0.6 is 15.9 Å². The van der Waals surface area contributed by atoms with E-state index in [0.29, 0.717) is 18.9 Å². The lowest BCUT2D eigenvalue weighted by Crippen LogP contribution is -2.25. The summed E-state index contributed by atoms with van der Waals surface area (Å²) in [4.78, 5) is 19.0. The number of benzene rings is 1. The van der Waals surface area contributed by atoms with Gasteiger partial charge in [0, 0.05) is 36.5 Å². The molecule has 134 valence electrons. The fourth-order valence-electron chi connectivity index (χ4n) is 3.73. The summed E-state index contributed by atoms with van der Waals surface area (Å²) in [6.07, 6.45) is 6.57. The van der Waals surface area contributed by atoms with E-state index in [1.165, 1.54) is 0 Å². The number of hydrogen-bond donors (Lipinski definition) is 0. The van der Waals surface area contributed by atoms with Crippen molar-refractivity contribution in [2.75, 3.05) is 6.54 Å². The van der Waals surface area contributed by atoms with Crippen LogP contribution in [0.3, 0.4) is 0 Å². The number of nitrogens with zero attached hydrogens (tertiary/aromatic N) is 4. The third-order valence-electron chi connectivity index (χ3n) is 4.92. The SMILES string of the molecule is CCCC1CC(=O)N(Cc2c(-c3ccccc3)nn3cc(Br)cnc23)C1. The minimum absolute atomic E-state index is 0.235. The highest BCUT2D eigenvalue weighted by Crippen LogP contribution is 2.30. The van der Waals surface area contributed by atoms with E-state index in [-0.39, 0.29) is 5.91 Å². The molecule has 0 spiro atoms. The Bertz CT molecular complexity index is 938. The molecule has 0 radical (unpaired) electrons. The number of carbonyl (C=O) groups is 1. The zero-order chi connectivity index (χ0) is 18.1. The van der Waals surface area contributed by atoms with Crippen molar-refractivity contribution in [2.24, 2.45) is 5.92 Å². The van der Waals surface area contributed by atoms with Gasteiger partial charge in [-0.1, -0.05) is 43.7 Å². The molecule has 1 unspecified atom stereocenters. The van der Waals surface area contributed by atoms with Gasteiger partial charge in [0.25, 0.3) is 0 Å². The van der Waals surface area contributed by atoms with E-state index in [2.05, 4.69) is 27.8 Å². The maximum Gasteiger partial charge on any atom is 0.223 e. The Labute approximate surface area is 161 Å². The first-order valence-electron chi connectivity index (χ1n) is 9.01. The summed E-state index contributed by atoms with van der Waals surface area (Å²) in [6, 6.07) is 10.1. The maximum atomic E-state index is 12.5. The predicted octanol–water partition coefficient (Wildman–Crippen LogP) is 4.31. The van der Waals surface area contributed by atoms with Crippen molar-refractivity contribution in [2.45, 2.75) is 32.7 Å². The second-order valence-electron chi connectivity index (χ2n) is 6.87. The first kappa shape index (κ1) is 17.2. The smallest absolute Gasteiger partial charge is 0.223 e. The number of likely N-dealkylation sites (tertiary alicyclic amines) is 1. The first-order valence-corrected chi connectivity index (χ1v) is 9.81. The zero-order valence-corrected chi connectivity index (χ0v) is 16.3. The van der Waals surface area contributed by atoms with Gasteiger partial charge in [-0.2, -0.15) is 5.10 Å². The van der Waals surface area contributed by atoms with E-state index in [0.717, 1.165) is 46.3 Å². The number of aromatic nitrogens is 3. The van der Waals surface area contributed by atoms with Crippen LogP contribution in [0.25, 0.3) is 16.9 Å². The lowest BCUT2D eigenvalue weighted by molar-refractivity contribution is -0.128. The lowest BCUT2D eigenvalue weighted by atomic mass is 10.0. The van der Waals surface area contributed by atoms with Crippen LogP contribution in [0.4, 0.5) is 0 Å². The quantitative estimate of drug-likeness (QED) is 0.627. The summed E-state index contributed by atoms with van der Waals surface area (Å²) in [7, 11) is 0. The van der Waals surface area contributed by atoms with E-state index in [1.54, 1.807) is 10.7 Å². The second kappa shape index (κ2) is 7.19. The highest BCUT2D eigenvalue weighted by Gasteiger charge is 2.30. The molecule has 1 aliphatic rings. The van der Waals surface area contributed by atoms with Gasteiger partial charge in [0.05, 0.1) is 11.0 Å². The van der Waals surface area contributed by atoms with Crippen molar-refractivity contribution in [1.29, 1.82) is 0 Å².